The molecular formula is C24H29N3O5S. The van der Waals surface area contributed by atoms with E-state index in [1.54, 1.807) is 36.3 Å². The van der Waals surface area contributed by atoms with Gasteiger partial charge in [0, 0.05) is 32.6 Å². The first-order chi connectivity index (χ1) is 15.8. The summed E-state index contributed by atoms with van der Waals surface area (Å²) in [6.45, 7) is 3.62. The van der Waals surface area contributed by atoms with Crippen LogP contribution in [0.1, 0.15) is 30.4 Å². The lowest BCUT2D eigenvalue weighted by Crippen LogP contribution is -2.32. The van der Waals surface area contributed by atoms with Gasteiger partial charge >= 0.3 is 0 Å². The van der Waals surface area contributed by atoms with Crippen molar-refractivity contribution in [1.29, 1.82) is 0 Å². The van der Waals surface area contributed by atoms with Gasteiger partial charge in [0.15, 0.2) is 0 Å². The van der Waals surface area contributed by atoms with E-state index in [0.717, 1.165) is 24.0 Å². The van der Waals surface area contributed by atoms with Crippen molar-refractivity contribution in [2.24, 2.45) is 5.92 Å². The van der Waals surface area contributed by atoms with Crippen LogP contribution in [0.15, 0.2) is 47.4 Å². The summed E-state index contributed by atoms with van der Waals surface area (Å²) < 4.78 is 32.2. The Morgan fingerprint density at radius 2 is 1.82 bits per heavy atom. The molecule has 0 saturated carbocycles. The highest BCUT2D eigenvalue weighted by Crippen LogP contribution is 2.34. The number of carbonyl (C=O) groups is 2. The Balaban J connectivity index is 1.37. The summed E-state index contributed by atoms with van der Waals surface area (Å²) in [5, 5.41) is 2.88. The van der Waals surface area contributed by atoms with Crippen LogP contribution in [0.25, 0.3) is 0 Å². The highest BCUT2D eigenvalue weighted by molar-refractivity contribution is 7.89. The third-order valence-corrected chi connectivity index (χ3v) is 8.13. The molecule has 2 amide bonds. The average Bonchev–Trinajstić information content (AvgIpc) is 3.48. The highest BCUT2D eigenvalue weighted by Gasteiger charge is 2.36. The van der Waals surface area contributed by atoms with Crippen LogP contribution in [0.3, 0.4) is 0 Å². The summed E-state index contributed by atoms with van der Waals surface area (Å²) in [5.41, 5.74) is 2.47. The molecule has 0 bridgehead atoms. The SMILES string of the molecule is COc1ccc(C)cc1N1CC(C(=O)NCc2ccc(S(=O)(=O)N3CCCC3)cc2)CC1=O. The molecule has 2 aromatic carbocycles. The number of amides is 2. The number of sulfonamides is 1. The van der Waals surface area contributed by atoms with E-state index in [1.165, 1.54) is 4.31 Å². The van der Waals surface area contributed by atoms with Gasteiger partial charge in [0.25, 0.3) is 0 Å². The summed E-state index contributed by atoms with van der Waals surface area (Å²) in [4.78, 5) is 27.2. The zero-order valence-corrected chi connectivity index (χ0v) is 19.7. The lowest BCUT2D eigenvalue weighted by atomic mass is 10.1. The Bertz CT molecular complexity index is 1140. The third kappa shape index (κ3) is 4.89. The normalized spacial score (nSPS) is 19.2. The van der Waals surface area contributed by atoms with E-state index < -0.39 is 15.9 Å². The van der Waals surface area contributed by atoms with Gasteiger partial charge in [-0.15, -0.1) is 0 Å². The largest absolute Gasteiger partial charge is 0.495 e. The highest BCUT2D eigenvalue weighted by atomic mass is 32.2. The molecule has 0 spiro atoms. The summed E-state index contributed by atoms with van der Waals surface area (Å²) in [6, 6.07) is 12.2. The predicted molar refractivity (Wildman–Crippen MR) is 124 cm³/mol. The molecule has 33 heavy (non-hydrogen) atoms. The van der Waals surface area contributed by atoms with E-state index in [0.29, 0.717) is 24.5 Å². The second kappa shape index (κ2) is 9.52. The van der Waals surface area contributed by atoms with Crippen LogP contribution in [0.2, 0.25) is 0 Å². The van der Waals surface area contributed by atoms with Gasteiger partial charge in [0.05, 0.1) is 23.6 Å². The van der Waals surface area contributed by atoms with Crippen LogP contribution in [0.5, 0.6) is 5.75 Å². The predicted octanol–water partition coefficient (Wildman–Crippen LogP) is 2.46. The first-order valence-electron chi connectivity index (χ1n) is 11.1. The molecule has 2 heterocycles. The minimum Gasteiger partial charge on any atom is -0.495 e. The van der Waals surface area contributed by atoms with Gasteiger partial charge in [0.2, 0.25) is 21.8 Å². The van der Waals surface area contributed by atoms with Crippen molar-refractivity contribution in [3.8, 4) is 5.75 Å². The van der Waals surface area contributed by atoms with E-state index in [2.05, 4.69) is 5.32 Å². The maximum Gasteiger partial charge on any atom is 0.243 e. The summed E-state index contributed by atoms with van der Waals surface area (Å²) >= 11 is 0. The van der Waals surface area contributed by atoms with Crippen LogP contribution >= 0.6 is 0 Å². The zero-order valence-electron chi connectivity index (χ0n) is 18.9. The van der Waals surface area contributed by atoms with Crippen LogP contribution in [0, 0.1) is 12.8 Å². The van der Waals surface area contributed by atoms with E-state index >= 15 is 0 Å². The second-order valence-corrected chi connectivity index (χ2v) is 10.5. The number of nitrogens with one attached hydrogen (secondary N) is 1. The maximum absolute atomic E-state index is 12.7. The number of carbonyl (C=O) groups excluding carboxylic acids is 2. The first kappa shape index (κ1) is 23.3. The van der Waals surface area contributed by atoms with Crippen molar-refractivity contribution in [2.75, 3.05) is 31.6 Å². The number of rotatable bonds is 7. The molecule has 0 aliphatic carbocycles. The standard InChI is InChI=1S/C24H29N3O5S/c1-17-5-10-22(32-2)21(13-17)27-16-19(14-23(27)28)24(29)25-15-18-6-8-20(9-7-18)33(30,31)26-11-3-4-12-26/h5-10,13,19H,3-4,11-12,14-16H2,1-2H3,(H,25,29). The topological polar surface area (TPSA) is 96.0 Å². The van der Waals surface area contributed by atoms with E-state index in [-0.39, 0.29) is 36.2 Å². The van der Waals surface area contributed by atoms with Crippen LogP contribution in [0.4, 0.5) is 5.69 Å². The molecule has 0 aromatic heterocycles. The van der Waals surface area contributed by atoms with Crippen molar-refractivity contribution < 1.29 is 22.7 Å². The Labute approximate surface area is 194 Å². The molecule has 2 aliphatic rings. The summed E-state index contributed by atoms with van der Waals surface area (Å²) in [5.74, 6) is -0.182. The van der Waals surface area contributed by atoms with Crippen molar-refractivity contribution >= 4 is 27.5 Å². The quantitative estimate of drug-likeness (QED) is 0.669. The number of hydrogen-bond donors (Lipinski definition) is 1. The summed E-state index contributed by atoms with van der Waals surface area (Å²) in [7, 11) is -1.90. The fourth-order valence-electron chi connectivity index (χ4n) is 4.32. The van der Waals surface area contributed by atoms with Gasteiger partial charge < -0.3 is 15.0 Å². The third-order valence-electron chi connectivity index (χ3n) is 6.21. The van der Waals surface area contributed by atoms with Gasteiger partial charge in [-0.05, 0) is 55.2 Å². The molecular weight excluding hydrogens is 442 g/mol. The van der Waals surface area contributed by atoms with Crippen molar-refractivity contribution in [2.45, 2.75) is 37.6 Å². The smallest absolute Gasteiger partial charge is 0.243 e. The Morgan fingerprint density at radius 3 is 2.48 bits per heavy atom. The van der Waals surface area contributed by atoms with E-state index in [9.17, 15) is 18.0 Å². The first-order valence-corrected chi connectivity index (χ1v) is 12.6. The van der Waals surface area contributed by atoms with E-state index in [1.807, 2.05) is 25.1 Å². The van der Waals surface area contributed by atoms with Crippen molar-refractivity contribution in [3.63, 3.8) is 0 Å². The lowest BCUT2D eigenvalue weighted by Gasteiger charge is -2.20. The molecule has 176 valence electrons. The Kier molecular flexibility index (Phi) is 6.71. The molecule has 2 saturated heterocycles. The van der Waals surface area contributed by atoms with E-state index in [4.69, 9.17) is 4.74 Å². The number of hydrogen-bond acceptors (Lipinski definition) is 5. The molecule has 2 fully saturated rings. The molecule has 1 N–H and O–H groups in total. The fraction of sp³-hybridized carbons (Fsp3) is 0.417. The number of aryl methyl sites for hydroxylation is 1. The second-order valence-electron chi connectivity index (χ2n) is 8.55. The summed E-state index contributed by atoms with van der Waals surface area (Å²) in [6.07, 6.45) is 1.91. The van der Waals surface area contributed by atoms with Gasteiger partial charge in [-0.1, -0.05) is 18.2 Å². The van der Waals surface area contributed by atoms with Crippen molar-refractivity contribution in [3.05, 3.63) is 53.6 Å². The Hall–Kier alpha value is -2.91. The molecule has 2 aromatic rings. The minimum absolute atomic E-state index is 0.115. The van der Waals surface area contributed by atoms with Gasteiger partial charge in [-0.2, -0.15) is 4.31 Å². The number of methoxy groups -OCH3 is 1. The van der Waals surface area contributed by atoms with Gasteiger partial charge in [-0.25, -0.2) is 8.42 Å². The van der Waals surface area contributed by atoms with Crippen LogP contribution in [-0.2, 0) is 26.2 Å². The molecule has 1 atom stereocenters. The van der Waals surface area contributed by atoms with Crippen LogP contribution < -0.4 is 15.0 Å². The molecule has 4 rings (SSSR count). The number of anilines is 1. The molecule has 8 nitrogen and oxygen atoms in total. The fourth-order valence-corrected chi connectivity index (χ4v) is 5.83. The van der Waals surface area contributed by atoms with Gasteiger partial charge in [-0.3, -0.25) is 9.59 Å². The molecule has 2 aliphatic heterocycles. The molecule has 1 unspecified atom stereocenters. The average molecular weight is 472 g/mol. The minimum atomic E-state index is -3.45. The Morgan fingerprint density at radius 1 is 1.12 bits per heavy atom. The number of ether oxygens (including phenoxy) is 1. The number of benzene rings is 2. The maximum atomic E-state index is 12.7. The van der Waals surface area contributed by atoms with Crippen molar-refractivity contribution in [1.82, 2.24) is 9.62 Å². The van der Waals surface area contributed by atoms with Crippen LogP contribution in [-0.4, -0.2) is 51.3 Å². The number of nitrogens with zero attached hydrogens (tertiary/aromatic N) is 2. The monoisotopic (exact) mass is 471 g/mol. The lowest BCUT2D eigenvalue weighted by molar-refractivity contribution is -0.126. The molecule has 9 heteroatoms. The van der Waals surface area contributed by atoms with Gasteiger partial charge in [0.1, 0.15) is 5.75 Å². The molecule has 0 radical (unpaired) electrons. The zero-order chi connectivity index (χ0) is 23.6.